The summed E-state index contributed by atoms with van der Waals surface area (Å²) in [4.78, 5) is 12.1. The summed E-state index contributed by atoms with van der Waals surface area (Å²) in [5.41, 5.74) is 1.15. The lowest BCUT2D eigenvalue weighted by atomic mass is 10.1. The van der Waals surface area contributed by atoms with E-state index in [2.05, 4.69) is 10.6 Å². The summed E-state index contributed by atoms with van der Waals surface area (Å²) < 4.78 is 22.7. The summed E-state index contributed by atoms with van der Waals surface area (Å²) >= 11 is 5.90. The second-order valence-electron chi connectivity index (χ2n) is 4.92. The number of sulfone groups is 1. The van der Waals surface area contributed by atoms with Crippen molar-refractivity contribution in [1.82, 2.24) is 5.32 Å². The molecule has 1 heterocycles. The molecule has 0 bridgehead atoms. The van der Waals surface area contributed by atoms with Gasteiger partial charge in [0.25, 0.3) is 5.91 Å². The van der Waals surface area contributed by atoms with Crippen LogP contribution in [0.5, 0.6) is 0 Å². The molecule has 0 radical (unpaired) electrons. The highest BCUT2D eigenvalue weighted by Gasteiger charge is 2.28. The topological polar surface area (TPSA) is 75.3 Å². The van der Waals surface area contributed by atoms with E-state index < -0.39 is 9.84 Å². The molecule has 1 aromatic carbocycles. The summed E-state index contributed by atoms with van der Waals surface area (Å²) in [7, 11) is -1.19. The Morgan fingerprint density at radius 3 is 2.80 bits per heavy atom. The lowest BCUT2D eigenvalue weighted by Gasteiger charge is -2.12. The molecule has 1 aromatic rings. The lowest BCUT2D eigenvalue weighted by molar-refractivity contribution is 0.0949. The Morgan fingerprint density at radius 1 is 1.45 bits per heavy atom. The molecule has 1 fully saturated rings. The molecule has 2 N–H and O–H groups in total. The van der Waals surface area contributed by atoms with Gasteiger partial charge in [0.15, 0.2) is 9.84 Å². The normalized spacial score (nSPS) is 20.6. The zero-order valence-electron chi connectivity index (χ0n) is 11.1. The largest absolute Gasteiger partial charge is 0.387 e. The first kappa shape index (κ1) is 15.1. The minimum atomic E-state index is -2.91. The molecule has 1 aliphatic rings. The van der Waals surface area contributed by atoms with Gasteiger partial charge in [-0.1, -0.05) is 11.6 Å². The van der Waals surface area contributed by atoms with Crippen LogP contribution in [0.2, 0.25) is 5.02 Å². The quantitative estimate of drug-likeness (QED) is 0.883. The molecule has 1 saturated heterocycles. The van der Waals surface area contributed by atoms with Crippen LogP contribution in [0.1, 0.15) is 16.8 Å². The number of carbonyl (C=O) groups is 1. The Labute approximate surface area is 123 Å². The molecule has 1 aliphatic heterocycles. The Kier molecular flexibility index (Phi) is 4.55. The van der Waals surface area contributed by atoms with Gasteiger partial charge in [-0.2, -0.15) is 0 Å². The molecule has 1 unspecified atom stereocenters. The number of hydrogen-bond acceptors (Lipinski definition) is 4. The molecule has 1 amide bonds. The first-order valence-corrected chi connectivity index (χ1v) is 8.57. The van der Waals surface area contributed by atoms with Crippen LogP contribution in [0.4, 0.5) is 5.69 Å². The first-order chi connectivity index (χ1) is 9.41. The van der Waals surface area contributed by atoms with Gasteiger partial charge in [0, 0.05) is 24.3 Å². The molecular weight excluding hydrogens is 300 g/mol. The minimum absolute atomic E-state index is 0.00108. The zero-order chi connectivity index (χ0) is 14.8. The summed E-state index contributed by atoms with van der Waals surface area (Å²) in [5, 5.41) is 6.19. The highest BCUT2D eigenvalue weighted by atomic mass is 35.5. The van der Waals surface area contributed by atoms with E-state index in [0.29, 0.717) is 29.2 Å². The molecule has 0 spiro atoms. The molecule has 20 heavy (non-hydrogen) atoms. The van der Waals surface area contributed by atoms with Crippen molar-refractivity contribution < 1.29 is 13.2 Å². The molecular formula is C13H17ClN2O3S. The highest BCUT2D eigenvalue weighted by Crippen LogP contribution is 2.21. The van der Waals surface area contributed by atoms with E-state index in [9.17, 15) is 13.2 Å². The van der Waals surface area contributed by atoms with Crippen molar-refractivity contribution >= 4 is 33.0 Å². The number of amides is 1. The van der Waals surface area contributed by atoms with Gasteiger partial charge >= 0.3 is 0 Å². The van der Waals surface area contributed by atoms with Crippen molar-refractivity contribution in [2.45, 2.75) is 6.42 Å². The van der Waals surface area contributed by atoms with Crippen LogP contribution in [-0.2, 0) is 9.84 Å². The van der Waals surface area contributed by atoms with Crippen molar-refractivity contribution in [3.8, 4) is 0 Å². The summed E-state index contributed by atoms with van der Waals surface area (Å²) in [6, 6.07) is 5.03. The van der Waals surface area contributed by atoms with Crippen molar-refractivity contribution in [3.63, 3.8) is 0 Å². The third-order valence-electron chi connectivity index (χ3n) is 3.37. The Morgan fingerprint density at radius 2 is 2.20 bits per heavy atom. The van der Waals surface area contributed by atoms with Gasteiger partial charge in [-0.15, -0.1) is 0 Å². The second kappa shape index (κ2) is 6.01. The summed E-state index contributed by atoms with van der Waals surface area (Å²) in [6.45, 7) is 0.369. The number of rotatable bonds is 4. The van der Waals surface area contributed by atoms with Gasteiger partial charge in [0.05, 0.1) is 17.1 Å². The van der Waals surface area contributed by atoms with E-state index in [0.717, 1.165) is 0 Å². The van der Waals surface area contributed by atoms with Crippen LogP contribution >= 0.6 is 11.6 Å². The van der Waals surface area contributed by atoms with Gasteiger partial charge in [-0.25, -0.2) is 8.42 Å². The van der Waals surface area contributed by atoms with Crippen LogP contribution < -0.4 is 10.6 Å². The summed E-state index contributed by atoms with van der Waals surface area (Å²) in [5.74, 6) is 0.121. The second-order valence-corrected chi connectivity index (χ2v) is 7.58. The van der Waals surface area contributed by atoms with Crippen molar-refractivity contribution in [3.05, 3.63) is 28.8 Å². The highest BCUT2D eigenvalue weighted by molar-refractivity contribution is 7.91. The van der Waals surface area contributed by atoms with Gasteiger partial charge in [-0.3, -0.25) is 4.79 Å². The van der Waals surface area contributed by atoms with Gasteiger partial charge in [0.2, 0.25) is 0 Å². The Hall–Kier alpha value is -1.27. The Balaban J connectivity index is 2.00. The average molecular weight is 317 g/mol. The van der Waals surface area contributed by atoms with Crippen molar-refractivity contribution in [2.75, 3.05) is 30.4 Å². The van der Waals surface area contributed by atoms with Gasteiger partial charge < -0.3 is 10.6 Å². The Bertz CT molecular complexity index is 616. The number of carbonyl (C=O) groups excluding carboxylic acids is 1. The van der Waals surface area contributed by atoms with Crippen molar-refractivity contribution in [2.24, 2.45) is 5.92 Å². The predicted octanol–water partition coefficient (Wildman–Crippen LogP) is 1.55. The molecule has 7 heteroatoms. The fourth-order valence-electron chi connectivity index (χ4n) is 2.29. The number of benzene rings is 1. The maximum atomic E-state index is 12.1. The number of hydrogen-bond donors (Lipinski definition) is 2. The monoisotopic (exact) mass is 316 g/mol. The van der Waals surface area contributed by atoms with E-state index in [1.54, 1.807) is 25.2 Å². The lowest BCUT2D eigenvalue weighted by Crippen LogP contribution is -2.30. The van der Waals surface area contributed by atoms with Crippen LogP contribution in [0.15, 0.2) is 18.2 Å². The SMILES string of the molecule is CNc1ccc(Cl)cc1C(=O)NCC1CCS(=O)(=O)C1. The fourth-order valence-corrected chi connectivity index (χ4v) is 4.32. The van der Waals surface area contributed by atoms with Crippen LogP contribution in [-0.4, -0.2) is 39.4 Å². The van der Waals surface area contributed by atoms with Crippen LogP contribution in [0.25, 0.3) is 0 Å². The van der Waals surface area contributed by atoms with Crippen LogP contribution in [0.3, 0.4) is 0 Å². The zero-order valence-corrected chi connectivity index (χ0v) is 12.7. The molecule has 0 aliphatic carbocycles. The van der Waals surface area contributed by atoms with E-state index >= 15 is 0 Å². The molecule has 2 rings (SSSR count). The van der Waals surface area contributed by atoms with E-state index in [4.69, 9.17) is 11.6 Å². The maximum absolute atomic E-state index is 12.1. The number of halogens is 1. The minimum Gasteiger partial charge on any atom is -0.387 e. The van der Waals surface area contributed by atoms with E-state index in [1.807, 2.05) is 0 Å². The molecule has 1 atom stereocenters. The van der Waals surface area contributed by atoms with Crippen LogP contribution in [0, 0.1) is 5.92 Å². The van der Waals surface area contributed by atoms with Gasteiger partial charge in [-0.05, 0) is 30.5 Å². The molecule has 0 saturated carbocycles. The number of anilines is 1. The summed E-state index contributed by atoms with van der Waals surface area (Å²) in [6.07, 6.45) is 0.608. The van der Waals surface area contributed by atoms with Crippen molar-refractivity contribution in [1.29, 1.82) is 0 Å². The number of nitrogens with one attached hydrogen (secondary N) is 2. The third kappa shape index (κ3) is 3.64. The molecule has 5 nitrogen and oxygen atoms in total. The predicted molar refractivity (Wildman–Crippen MR) is 80.1 cm³/mol. The average Bonchev–Trinajstić information content (AvgIpc) is 2.75. The third-order valence-corrected chi connectivity index (χ3v) is 5.45. The smallest absolute Gasteiger partial charge is 0.253 e. The van der Waals surface area contributed by atoms with Gasteiger partial charge in [0.1, 0.15) is 0 Å². The molecule has 110 valence electrons. The molecule has 0 aromatic heterocycles. The maximum Gasteiger partial charge on any atom is 0.253 e. The van der Waals surface area contributed by atoms with E-state index in [-0.39, 0.29) is 23.3 Å². The first-order valence-electron chi connectivity index (χ1n) is 6.37. The fraction of sp³-hybridized carbons (Fsp3) is 0.462. The van der Waals surface area contributed by atoms with E-state index in [1.165, 1.54) is 0 Å². The standard InChI is InChI=1S/C13H17ClN2O3S/c1-15-12-3-2-10(14)6-11(12)13(17)16-7-9-4-5-20(18,19)8-9/h2-3,6,9,15H,4-5,7-8H2,1H3,(H,16,17).